The lowest BCUT2D eigenvalue weighted by molar-refractivity contribution is -0.287. The van der Waals surface area contributed by atoms with E-state index in [2.05, 4.69) is 35.5 Å². The summed E-state index contributed by atoms with van der Waals surface area (Å²) >= 11 is 6.58. The highest BCUT2D eigenvalue weighted by molar-refractivity contribution is 7.90. The van der Waals surface area contributed by atoms with Gasteiger partial charge in [0, 0.05) is 49.7 Å². The van der Waals surface area contributed by atoms with E-state index in [0.29, 0.717) is 37.8 Å². The van der Waals surface area contributed by atoms with E-state index >= 15 is 0 Å². The van der Waals surface area contributed by atoms with Crippen molar-refractivity contribution in [1.29, 1.82) is 0 Å². The van der Waals surface area contributed by atoms with Gasteiger partial charge in [-0.3, -0.25) is 9.88 Å². The maximum Gasteiger partial charge on any atom is 0.586 e. The van der Waals surface area contributed by atoms with Crippen molar-refractivity contribution in [3.63, 3.8) is 0 Å². The van der Waals surface area contributed by atoms with Crippen molar-refractivity contribution in [3.05, 3.63) is 71.0 Å². The van der Waals surface area contributed by atoms with Crippen LogP contribution in [-0.2, 0) is 9.84 Å². The van der Waals surface area contributed by atoms with Gasteiger partial charge in [0.25, 0.3) is 0 Å². The highest BCUT2D eigenvalue weighted by atomic mass is 35.5. The summed E-state index contributed by atoms with van der Waals surface area (Å²) in [7, 11) is -2.27. The van der Waals surface area contributed by atoms with E-state index in [0.717, 1.165) is 6.26 Å². The van der Waals surface area contributed by atoms with Crippen molar-refractivity contribution < 1.29 is 36.5 Å². The number of hydrogen-bond acceptors (Lipinski definition) is 14. The number of para-hydroxylation sites is 1. The summed E-state index contributed by atoms with van der Waals surface area (Å²) in [5.41, 5.74) is 0.640. The molecule has 2 aromatic carbocycles. The molecule has 2 aromatic heterocycles. The molecule has 1 fully saturated rings. The van der Waals surface area contributed by atoms with Crippen LogP contribution >= 0.6 is 11.6 Å². The first-order valence-electron chi connectivity index (χ1n) is 15.5. The number of methoxy groups -OCH3 is 1. The molecule has 0 saturated carbocycles. The number of aromatic nitrogens is 4. The summed E-state index contributed by atoms with van der Waals surface area (Å²) < 4.78 is 68.8. The molecular formula is C32H35ClF2N8O6S. The highest BCUT2D eigenvalue weighted by Gasteiger charge is 2.45. The van der Waals surface area contributed by atoms with Crippen molar-refractivity contribution in [2.24, 2.45) is 0 Å². The predicted octanol–water partition coefficient (Wildman–Crippen LogP) is 4.49. The van der Waals surface area contributed by atoms with Crippen LogP contribution in [0.4, 0.5) is 32.1 Å². The van der Waals surface area contributed by atoms with E-state index in [1.54, 1.807) is 18.2 Å². The number of ether oxygens (including phenoxy) is 3. The van der Waals surface area contributed by atoms with Gasteiger partial charge in [0.2, 0.25) is 11.9 Å². The Morgan fingerprint density at radius 3 is 2.50 bits per heavy atom. The van der Waals surface area contributed by atoms with Crippen molar-refractivity contribution in [3.8, 4) is 17.5 Å². The zero-order chi connectivity index (χ0) is 35.8. The number of aliphatic hydroxyl groups excluding tert-OH is 1. The number of fused-ring (bicyclic) bond motifs is 1. The fourth-order valence-electron chi connectivity index (χ4n) is 5.63. The lowest BCUT2D eigenvalue weighted by Gasteiger charge is -2.43. The fraction of sp³-hybridized carbons (Fsp3) is 0.375. The molecule has 0 spiro atoms. The largest absolute Gasteiger partial charge is 0.586 e. The van der Waals surface area contributed by atoms with Crippen LogP contribution in [0.3, 0.4) is 0 Å². The van der Waals surface area contributed by atoms with Crippen LogP contribution in [0.25, 0.3) is 0 Å². The van der Waals surface area contributed by atoms with Gasteiger partial charge in [0.05, 0.1) is 46.7 Å². The van der Waals surface area contributed by atoms with Crippen LogP contribution in [0.2, 0.25) is 5.02 Å². The first kappa shape index (κ1) is 35.3. The second-order valence-electron chi connectivity index (χ2n) is 12.3. The summed E-state index contributed by atoms with van der Waals surface area (Å²) in [6.45, 7) is 6.38. The van der Waals surface area contributed by atoms with Gasteiger partial charge >= 0.3 is 12.3 Å². The third-order valence-electron chi connectivity index (χ3n) is 8.39. The molecule has 1 atom stereocenters. The molecule has 0 radical (unpaired) electrons. The Morgan fingerprint density at radius 1 is 1.06 bits per heavy atom. The summed E-state index contributed by atoms with van der Waals surface area (Å²) in [4.78, 5) is 22.0. The van der Waals surface area contributed by atoms with Crippen LogP contribution in [0.1, 0.15) is 31.1 Å². The van der Waals surface area contributed by atoms with E-state index in [4.69, 9.17) is 25.8 Å². The van der Waals surface area contributed by atoms with Gasteiger partial charge in [0.15, 0.2) is 21.3 Å². The second-order valence-corrected chi connectivity index (χ2v) is 14.7. The van der Waals surface area contributed by atoms with Crippen LogP contribution in [0.15, 0.2) is 59.6 Å². The maximum atomic E-state index is 14.2. The third-order valence-corrected chi connectivity index (χ3v) is 9.82. The van der Waals surface area contributed by atoms with Crippen LogP contribution < -0.4 is 29.7 Å². The summed E-state index contributed by atoms with van der Waals surface area (Å²) in [5.74, 6) is -0.0234. The van der Waals surface area contributed by atoms with Gasteiger partial charge in [-0.25, -0.2) is 8.42 Å². The first-order chi connectivity index (χ1) is 23.7. The number of hydrogen-bond donors (Lipinski definition) is 3. The van der Waals surface area contributed by atoms with Crippen LogP contribution in [-0.4, -0.2) is 96.3 Å². The molecule has 1 saturated heterocycles. The van der Waals surface area contributed by atoms with Gasteiger partial charge in [-0.15, -0.1) is 8.78 Å². The molecule has 0 aliphatic carbocycles. The fourth-order valence-corrected chi connectivity index (χ4v) is 6.50. The second kappa shape index (κ2) is 13.6. The molecule has 2 aliphatic heterocycles. The number of rotatable bonds is 11. The minimum Gasteiger partial charge on any atom is -0.467 e. The van der Waals surface area contributed by atoms with Gasteiger partial charge in [-0.1, -0.05) is 23.7 Å². The molecule has 266 valence electrons. The maximum absolute atomic E-state index is 14.2. The Labute approximate surface area is 292 Å². The average Bonchev–Trinajstić information content (AvgIpc) is 3.41. The minimum atomic E-state index is -3.89. The van der Waals surface area contributed by atoms with Crippen molar-refractivity contribution in [2.75, 3.05) is 61.7 Å². The Morgan fingerprint density at radius 2 is 1.82 bits per heavy atom. The Kier molecular flexibility index (Phi) is 9.60. The molecule has 14 nitrogen and oxygen atoms in total. The number of benzene rings is 2. The number of nitrogens with zero attached hydrogens (tertiary/aromatic N) is 6. The van der Waals surface area contributed by atoms with E-state index in [1.807, 2.05) is 18.7 Å². The van der Waals surface area contributed by atoms with Crippen molar-refractivity contribution in [2.45, 2.75) is 36.6 Å². The standard InChI is InChI=1S/C32H35ClF2N8O6S/c1-31(2,18-44)43-15-13-42(14-16-43)29-39-28(40-30(41-29)47-3)38-23-17-19(50(4,45)46)10-11-22(23)37-25(26-21(33)8-6-12-36-26)20-7-5-9-24-27(20)49-32(34,35)48-24/h5-12,17,25,37,44H,13-16,18H2,1-4H3,(H,38,39,40,41)/t25-/m0/s1. The number of pyridine rings is 1. The molecule has 2 aliphatic rings. The van der Waals surface area contributed by atoms with E-state index < -0.39 is 22.2 Å². The Hall–Kier alpha value is -4.58. The number of alkyl halides is 2. The van der Waals surface area contributed by atoms with E-state index in [9.17, 15) is 22.3 Å². The molecule has 18 heteroatoms. The predicted molar refractivity (Wildman–Crippen MR) is 182 cm³/mol. The quantitative estimate of drug-likeness (QED) is 0.198. The third kappa shape index (κ3) is 7.45. The summed E-state index contributed by atoms with van der Waals surface area (Å²) in [6, 6.07) is 11.0. The number of aliphatic hydroxyl groups is 1. The minimum absolute atomic E-state index is 0.0109. The summed E-state index contributed by atoms with van der Waals surface area (Å²) in [6.07, 6.45) is -1.32. The number of sulfone groups is 1. The monoisotopic (exact) mass is 732 g/mol. The van der Waals surface area contributed by atoms with Crippen LogP contribution in [0.5, 0.6) is 17.5 Å². The topological polar surface area (TPSA) is 164 Å². The molecule has 0 unspecified atom stereocenters. The van der Waals surface area contributed by atoms with E-state index in [1.165, 1.54) is 43.6 Å². The number of anilines is 4. The van der Waals surface area contributed by atoms with Crippen LogP contribution in [0, 0.1) is 0 Å². The number of piperazine rings is 1. The molecule has 0 amide bonds. The normalized spacial score (nSPS) is 16.6. The molecule has 3 N–H and O–H groups in total. The van der Waals surface area contributed by atoms with Gasteiger partial charge in [0.1, 0.15) is 0 Å². The summed E-state index contributed by atoms with van der Waals surface area (Å²) in [5, 5.41) is 16.4. The molecular weight excluding hydrogens is 698 g/mol. The lowest BCUT2D eigenvalue weighted by Crippen LogP contribution is -2.56. The zero-order valence-corrected chi connectivity index (χ0v) is 29.1. The van der Waals surface area contributed by atoms with Crippen molar-refractivity contribution >= 4 is 44.7 Å². The van der Waals surface area contributed by atoms with Gasteiger partial charge in [-0.05, 0) is 50.2 Å². The molecule has 0 bridgehead atoms. The van der Waals surface area contributed by atoms with E-state index in [-0.39, 0.29) is 62.5 Å². The molecule has 4 aromatic rings. The van der Waals surface area contributed by atoms with Gasteiger partial charge < -0.3 is 34.9 Å². The molecule has 6 rings (SSSR count). The Balaban J connectivity index is 1.39. The molecule has 50 heavy (non-hydrogen) atoms. The van der Waals surface area contributed by atoms with Crippen molar-refractivity contribution in [1.82, 2.24) is 24.8 Å². The molecule has 4 heterocycles. The number of halogens is 3. The smallest absolute Gasteiger partial charge is 0.467 e. The SMILES string of the molecule is COc1nc(Nc2cc(S(C)(=O)=O)ccc2N[C@@H](c2cccc3c2OC(F)(F)O3)c2ncccc2Cl)nc(N2CCN(C(C)(C)CO)CC2)n1. The average molecular weight is 733 g/mol. The lowest BCUT2D eigenvalue weighted by atomic mass is 10.0. The Bertz CT molecular complexity index is 2000. The number of nitrogens with one attached hydrogen (secondary N) is 2. The highest BCUT2D eigenvalue weighted by Crippen LogP contribution is 2.48. The first-order valence-corrected chi connectivity index (χ1v) is 17.7. The zero-order valence-electron chi connectivity index (χ0n) is 27.5. The van der Waals surface area contributed by atoms with Gasteiger partial charge in [-0.2, -0.15) is 15.0 Å².